The smallest absolute Gasteiger partial charge is 0.199 e. The Morgan fingerprint density at radius 2 is 2.18 bits per heavy atom. The van der Waals surface area contributed by atoms with Crippen molar-refractivity contribution in [2.24, 2.45) is 0 Å². The molecule has 0 aromatic carbocycles. The summed E-state index contributed by atoms with van der Waals surface area (Å²) in [4.78, 5) is 4.59. The average Bonchev–Trinajstić information content (AvgIpc) is 2.64. The maximum Gasteiger partial charge on any atom is 0.199 e. The molecule has 0 aliphatic carbocycles. The highest BCUT2D eigenvalue weighted by molar-refractivity contribution is 5.55. The Morgan fingerprint density at radius 3 is 2.82 bits per heavy atom. The summed E-state index contributed by atoms with van der Waals surface area (Å²) in [6.45, 7) is 7.04. The number of aromatic nitrogens is 2. The van der Waals surface area contributed by atoms with Crippen LogP contribution in [0.5, 0.6) is 5.88 Å². The fourth-order valence-electron chi connectivity index (χ4n) is 1.94. The van der Waals surface area contributed by atoms with E-state index in [-0.39, 0.29) is 0 Å². The highest BCUT2D eigenvalue weighted by atomic mass is 16.5. The van der Waals surface area contributed by atoms with Crippen LogP contribution in [0.1, 0.15) is 25.4 Å². The first-order valence-electron chi connectivity index (χ1n) is 5.87. The van der Waals surface area contributed by atoms with Crippen LogP contribution in [0, 0.1) is 6.92 Å². The number of methoxy groups -OCH3 is 1. The molecule has 2 aromatic rings. The van der Waals surface area contributed by atoms with Crippen molar-refractivity contribution in [1.29, 1.82) is 0 Å². The first-order chi connectivity index (χ1) is 8.13. The van der Waals surface area contributed by atoms with Crippen LogP contribution >= 0.6 is 0 Å². The molecule has 0 radical (unpaired) electrons. The van der Waals surface area contributed by atoms with Gasteiger partial charge in [-0.15, -0.1) is 0 Å². The van der Waals surface area contributed by atoms with Gasteiger partial charge in [0.05, 0.1) is 18.3 Å². The lowest BCUT2D eigenvalue weighted by Crippen LogP contribution is -2.22. The van der Waals surface area contributed by atoms with E-state index in [1.54, 1.807) is 7.11 Å². The molecule has 17 heavy (non-hydrogen) atoms. The summed E-state index contributed by atoms with van der Waals surface area (Å²) in [5.41, 5.74) is 2.17. The molecule has 0 saturated heterocycles. The molecule has 2 aromatic heterocycles. The third-order valence-electron chi connectivity index (χ3n) is 2.76. The Kier molecular flexibility index (Phi) is 3.33. The molecule has 2 rings (SSSR count). The standard InChI is InChI=1S/C13H19N3O/c1-9(2)14-8-11-12-6-5-7-13(17-4)16(12)10(3)15-11/h5-7,9,14H,8H2,1-4H3. The predicted octanol–water partition coefficient (Wildman–Crippen LogP) is 2.15. The molecule has 92 valence electrons. The molecular weight excluding hydrogens is 214 g/mol. The van der Waals surface area contributed by atoms with Crippen molar-refractivity contribution < 1.29 is 4.74 Å². The van der Waals surface area contributed by atoms with Gasteiger partial charge in [0.2, 0.25) is 0 Å². The van der Waals surface area contributed by atoms with Gasteiger partial charge in [0, 0.05) is 12.6 Å². The second-order valence-electron chi connectivity index (χ2n) is 4.43. The number of pyridine rings is 1. The summed E-state index contributed by atoms with van der Waals surface area (Å²) in [5.74, 6) is 1.78. The van der Waals surface area contributed by atoms with Crippen LogP contribution in [0.4, 0.5) is 0 Å². The number of nitrogens with one attached hydrogen (secondary N) is 1. The number of aryl methyl sites for hydroxylation is 1. The van der Waals surface area contributed by atoms with Gasteiger partial charge in [-0.05, 0) is 19.1 Å². The highest BCUT2D eigenvalue weighted by Crippen LogP contribution is 2.20. The van der Waals surface area contributed by atoms with Gasteiger partial charge < -0.3 is 10.1 Å². The number of ether oxygens (including phenoxy) is 1. The monoisotopic (exact) mass is 233 g/mol. The molecule has 0 amide bonds. The SMILES string of the molecule is COc1cccc2c(CNC(C)C)nc(C)n12. The molecule has 0 aliphatic rings. The number of hydrogen-bond acceptors (Lipinski definition) is 3. The molecule has 0 aliphatic heterocycles. The van der Waals surface area contributed by atoms with Gasteiger partial charge in [-0.3, -0.25) is 4.40 Å². The van der Waals surface area contributed by atoms with Gasteiger partial charge in [-0.2, -0.15) is 0 Å². The Hall–Kier alpha value is -1.55. The molecule has 0 bridgehead atoms. The topological polar surface area (TPSA) is 38.6 Å². The normalized spacial score (nSPS) is 11.4. The number of imidazole rings is 1. The second kappa shape index (κ2) is 4.75. The third-order valence-corrected chi connectivity index (χ3v) is 2.76. The van der Waals surface area contributed by atoms with E-state index in [0.717, 1.165) is 29.5 Å². The van der Waals surface area contributed by atoms with Gasteiger partial charge in [0.1, 0.15) is 5.82 Å². The summed E-state index contributed by atoms with van der Waals surface area (Å²) in [5, 5.41) is 3.39. The Labute approximate surface area is 102 Å². The highest BCUT2D eigenvalue weighted by Gasteiger charge is 2.11. The zero-order valence-electron chi connectivity index (χ0n) is 10.8. The molecule has 0 saturated carbocycles. The van der Waals surface area contributed by atoms with Crippen LogP contribution < -0.4 is 10.1 Å². The minimum Gasteiger partial charge on any atom is -0.482 e. The molecule has 1 N–H and O–H groups in total. The van der Waals surface area contributed by atoms with Crippen LogP contribution in [0.25, 0.3) is 5.52 Å². The number of fused-ring (bicyclic) bond motifs is 1. The summed E-state index contributed by atoms with van der Waals surface area (Å²) in [6, 6.07) is 6.47. The molecular formula is C13H19N3O. The van der Waals surface area contributed by atoms with Crippen LogP contribution in [0.3, 0.4) is 0 Å². The van der Waals surface area contributed by atoms with E-state index in [9.17, 15) is 0 Å². The van der Waals surface area contributed by atoms with Crippen molar-refractivity contribution in [3.8, 4) is 5.88 Å². The Morgan fingerprint density at radius 1 is 1.41 bits per heavy atom. The quantitative estimate of drug-likeness (QED) is 0.879. The lowest BCUT2D eigenvalue weighted by atomic mass is 10.3. The largest absolute Gasteiger partial charge is 0.482 e. The fourth-order valence-corrected chi connectivity index (χ4v) is 1.94. The lowest BCUT2D eigenvalue weighted by molar-refractivity contribution is 0.391. The Balaban J connectivity index is 2.45. The van der Waals surface area contributed by atoms with E-state index in [1.807, 2.05) is 23.5 Å². The van der Waals surface area contributed by atoms with Crippen molar-refractivity contribution in [3.63, 3.8) is 0 Å². The van der Waals surface area contributed by atoms with Crippen molar-refractivity contribution in [2.75, 3.05) is 7.11 Å². The second-order valence-corrected chi connectivity index (χ2v) is 4.43. The lowest BCUT2D eigenvalue weighted by Gasteiger charge is -2.07. The van der Waals surface area contributed by atoms with E-state index < -0.39 is 0 Å². The zero-order chi connectivity index (χ0) is 12.4. The first kappa shape index (κ1) is 11.9. The van der Waals surface area contributed by atoms with Crippen molar-refractivity contribution >= 4 is 5.52 Å². The predicted molar refractivity (Wildman–Crippen MR) is 68.5 cm³/mol. The minimum absolute atomic E-state index is 0.456. The number of nitrogens with zero attached hydrogens (tertiary/aromatic N) is 2. The molecule has 0 spiro atoms. The van der Waals surface area contributed by atoms with Crippen molar-refractivity contribution in [1.82, 2.24) is 14.7 Å². The van der Waals surface area contributed by atoms with Gasteiger partial charge in [-0.25, -0.2) is 4.98 Å². The summed E-state index contributed by atoms with van der Waals surface area (Å²) in [7, 11) is 1.68. The Bertz CT molecular complexity index is 517. The fraction of sp³-hybridized carbons (Fsp3) is 0.462. The zero-order valence-corrected chi connectivity index (χ0v) is 10.8. The average molecular weight is 233 g/mol. The van der Waals surface area contributed by atoms with Crippen molar-refractivity contribution in [3.05, 3.63) is 29.7 Å². The minimum atomic E-state index is 0.456. The van der Waals surface area contributed by atoms with E-state index in [1.165, 1.54) is 0 Å². The van der Waals surface area contributed by atoms with Crippen molar-refractivity contribution in [2.45, 2.75) is 33.4 Å². The molecule has 0 atom stereocenters. The van der Waals surface area contributed by atoms with Gasteiger partial charge >= 0.3 is 0 Å². The molecule has 2 heterocycles. The summed E-state index contributed by atoms with van der Waals surface area (Å²) in [6.07, 6.45) is 0. The number of rotatable bonds is 4. The maximum absolute atomic E-state index is 5.35. The van der Waals surface area contributed by atoms with E-state index >= 15 is 0 Å². The van der Waals surface area contributed by atoms with E-state index in [4.69, 9.17) is 4.74 Å². The molecule has 0 unspecified atom stereocenters. The van der Waals surface area contributed by atoms with Crippen LogP contribution in [-0.2, 0) is 6.54 Å². The van der Waals surface area contributed by atoms with E-state index in [2.05, 4.69) is 30.2 Å². The maximum atomic E-state index is 5.35. The summed E-state index contributed by atoms with van der Waals surface area (Å²) < 4.78 is 7.39. The van der Waals surface area contributed by atoms with Gasteiger partial charge in [0.25, 0.3) is 0 Å². The third kappa shape index (κ3) is 2.26. The van der Waals surface area contributed by atoms with Crippen LogP contribution in [0.15, 0.2) is 18.2 Å². The van der Waals surface area contributed by atoms with Gasteiger partial charge in [0.15, 0.2) is 5.88 Å². The first-order valence-corrected chi connectivity index (χ1v) is 5.87. The summed E-state index contributed by atoms with van der Waals surface area (Å²) >= 11 is 0. The van der Waals surface area contributed by atoms with E-state index in [0.29, 0.717) is 6.04 Å². The molecule has 0 fully saturated rings. The van der Waals surface area contributed by atoms with Crippen LogP contribution in [-0.4, -0.2) is 22.5 Å². The molecule has 4 nitrogen and oxygen atoms in total. The van der Waals surface area contributed by atoms with Crippen LogP contribution in [0.2, 0.25) is 0 Å². The number of hydrogen-bond donors (Lipinski definition) is 1. The molecule has 4 heteroatoms. The van der Waals surface area contributed by atoms with Gasteiger partial charge in [-0.1, -0.05) is 19.9 Å².